The van der Waals surface area contributed by atoms with Crippen molar-refractivity contribution in [2.75, 3.05) is 18.1 Å². The molecule has 2 aliphatic heterocycles. The number of hydrogen-bond donors (Lipinski definition) is 0. The minimum Gasteiger partial charge on any atom is -0.465 e. The molecular formula is C12H18O2S2. The van der Waals surface area contributed by atoms with Crippen LogP contribution in [0.2, 0.25) is 0 Å². The molecule has 0 aromatic heterocycles. The van der Waals surface area contributed by atoms with E-state index >= 15 is 0 Å². The van der Waals surface area contributed by atoms with Gasteiger partial charge in [-0.2, -0.15) is 0 Å². The molecule has 2 nitrogen and oxygen atoms in total. The largest absolute Gasteiger partial charge is 0.465 e. The molecule has 2 rings (SSSR count). The molecule has 2 heterocycles. The van der Waals surface area contributed by atoms with Gasteiger partial charge in [0, 0.05) is 12.3 Å². The van der Waals surface area contributed by atoms with Crippen molar-refractivity contribution in [1.82, 2.24) is 0 Å². The average molecular weight is 258 g/mol. The van der Waals surface area contributed by atoms with E-state index in [1.165, 1.54) is 17.9 Å². The second kappa shape index (κ2) is 6.01. The Hall–Kier alpha value is -0.0900. The lowest BCUT2D eigenvalue weighted by Gasteiger charge is -2.32. The molecule has 16 heavy (non-hydrogen) atoms. The minimum absolute atomic E-state index is 0.0334. The fourth-order valence-corrected chi connectivity index (χ4v) is 5.25. The molecule has 4 heteroatoms. The quantitative estimate of drug-likeness (QED) is 0.574. The third-order valence-corrected chi connectivity index (χ3v) is 6.16. The number of thioether (sulfide) groups is 2. The van der Waals surface area contributed by atoms with E-state index in [0.29, 0.717) is 29.4 Å². The molecule has 2 saturated heterocycles. The topological polar surface area (TPSA) is 26.3 Å². The molecule has 0 spiro atoms. The highest BCUT2D eigenvalue weighted by Gasteiger charge is 2.31. The maximum absolute atomic E-state index is 11.3. The van der Waals surface area contributed by atoms with Gasteiger partial charge in [-0.05, 0) is 30.3 Å². The van der Waals surface area contributed by atoms with Crippen LogP contribution < -0.4 is 0 Å². The lowest BCUT2D eigenvalue weighted by Crippen LogP contribution is -2.31. The SMILES string of the molecule is C=C[C@H]1COC(=O)C[C@@H]1CC1SCCCS1. The maximum Gasteiger partial charge on any atom is 0.306 e. The summed E-state index contributed by atoms with van der Waals surface area (Å²) in [7, 11) is 0. The molecule has 2 atom stereocenters. The second-order valence-corrected chi connectivity index (χ2v) is 7.23. The van der Waals surface area contributed by atoms with Crippen molar-refractivity contribution in [3.8, 4) is 0 Å². The predicted octanol–water partition coefficient (Wildman–Crippen LogP) is 2.94. The third kappa shape index (κ3) is 3.20. The van der Waals surface area contributed by atoms with Crippen molar-refractivity contribution in [3.63, 3.8) is 0 Å². The Balaban J connectivity index is 1.89. The monoisotopic (exact) mass is 258 g/mol. The summed E-state index contributed by atoms with van der Waals surface area (Å²) in [5, 5.41) is 0. The molecule has 0 unspecified atom stereocenters. The number of hydrogen-bond acceptors (Lipinski definition) is 4. The van der Waals surface area contributed by atoms with Crippen LogP contribution in [0, 0.1) is 11.8 Å². The Bertz CT molecular complexity index is 262. The summed E-state index contributed by atoms with van der Waals surface area (Å²) < 4.78 is 5.75. The summed E-state index contributed by atoms with van der Waals surface area (Å²) in [6, 6.07) is 0. The first-order valence-electron chi connectivity index (χ1n) is 5.81. The highest BCUT2D eigenvalue weighted by molar-refractivity contribution is 8.17. The molecule has 0 amide bonds. The Labute approximate surface area is 106 Å². The van der Waals surface area contributed by atoms with E-state index in [2.05, 4.69) is 6.58 Å². The van der Waals surface area contributed by atoms with Gasteiger partial charge in [0.05, 0.1) is 11.2 Å². The van der Waals surface area contributed by atoms with Gasteiger partial charge in [0.15, 0.2) is 0 Å². The Morgan fingerprint density at radius 3 is 2.88 bits per heavy atom. The van der Waals surface area contributed by atoms with Gasteiger partial charge in [0.2, 0.25) is 0 Å². The molecule has 2 aliphatic rings. The van der Waals surface area contributed by atoms with Crippen molar-refractivity contribution in [1.29, 1.82) is 0 Å². The van der Waals surface area contributed by atoms with Gasteiger partial charge in [-0.1, -0.05) is 6.08 Å². The number of carbonyl (C=O) groups is 1. The van der Waals surface area contributed by atoms with Crippen molar-refractivity contribution >= 4 is 29.5 Å². The molecular weight excluding hydrogens is 240 g/mol. The molecule has 0 aliphatic carbocycles. The summed E-state index contributed by atoms with van der Waals surface area (Å²) in [5.74, 6) is 3.32. The Kier molecular flexibility index (Phi) is 4.65. The predicted molar refractivity (Wildman–Crippen MR) is 70.7 cm³/mol. The molecule has 0 radical (unpaired) electrons. The summed E-state index contributed by atoms with van der Waals surface area (Å²) in [5.41, 5.74) is 0. The fraction of sp³-hybridized carbons (Fsp3) is 0.750. The van der Waals surface area contributed by atoms with Crippen molar-refractivity contribution in [2.24, 2.45) is 11.8 Å². The number of cyclic esters (lactones) is 1. The van der Waals surface area contributed by atoms with Gasteiger partial charge in [0.1, 0.15) is 0 Å². The number of ether oxygens (including phenoxy) is 1. The summed E-state index contributed by atoms with van der Waals surface area (Å²) in [6.45, 7) is 4.38. The number of rotatable bonds is 3. The van der Waals surface area contributed by atoms with Crippen LogP contribution in [0.1, 0.15) is 19.3 Å². The summed E-state index contributed by atoms with van der Waals surface area (Å²) in [4.78, 5) is 11.3. The molecule has 90 valence electrons. The fourth-order valence-electron chi connectivity index (χ4n) is 2.19. The van der Waals surface area contributed by atoms with E-state index in [1.807, 2.05) is 29.6 Å². The van der Waals surface area contributed by atoms with Crippen molar-refractivity contribution in [2.45, 2.75) is 23.8 Å². The molecule has 2 fully saturated rings. The number of carbonyl (C=O) groups excluding carboxylic acids is 1. The van der Waals surface area contributed by atoms with Gasteiger partial charge in [-0.25, -0.2) is 0 Å². The normalized spacial score (nSPS) is 32.1. The first kappa shape index (κ1) is 12.4. The van der Waals surface area contributed by atoms with Crippen LogP contribution in [0.3, 0.4) is 0 Å². The second-order valence-electron chi connectivity index (χ2n) is 4.31. The van der Waals surface area contributed by atoms with E-state index in [-0.39, 0.29) is 5.97 Å². The molecule has 0 aromatic carbocycles. The van der Waals surface area contributed by atoms with Crippen LogP contribution in [0.25, 0.3) is 0 Å². The summed E-state index contributed by atoms with van der Waals surface area (Å²) in [6.07, 6.45) is 4.98. The molecule has 0 bridgehead atoms. The zero-order valence-electron chi connectivity index (χ0n) is 9.39. The Morgan fingerprint density at radius 1 is 1.44 bits per heavy atom. The maximum atomic E-state index is 11.3. The van der Waals surface area contributed by atoms with Gasteiger partial charge in [0.25, 0.3) is 0 Å². The third-order valence-electron chi connectivity index (χ3n) is 3.17. The van der Waals surface area contributed by atoms with E-state index in [9.17, 15) is 4.79 Å². The zero-order chi connectivity index (χ0) is 11.4. The highest BCUT2D eigenvalue weighted by Crippen LogP contribution is 2.39. The van der Waals surface area contributed by atoms with E-state index in [4.69, 9.17) is 4.74 Å². The van der Waals surface area contributed by atoms with Crippen LogP contribution in [0.4, 0.5) is 0 Å². The standard InChI is InChI=1S/C12H18O2S2/c1-2-9-8-14-11(13)6-10(9)7-12-15-4-3-5-16-12/h2,9-10,12H,1,3-8H2/t9-,10+/m0/s1. The smallest absolute Gasteiger partial charge is 0.306 e. The van der Waals surface area contributed by atoms with Crippen molar-refractivity contribution in [3.05, 3.63) is 12.7 Å². The van der Waals surface area contributed by atoms with Gasteiger partial charge in [-0.3, -0.25) is 4.79 Å². The first-order chi connectivity index (χ1) is 7.79. The Morgan fingerprint density at radius 2 is 2.19 bits per heavy atom. The van der Waals surface area contributed by atoms with Crippen LogP contribution in [0.5, 0.6) is 0 Å². The van der Waals surface area contributed by atoms with Crippen LogP contribution in [0.15, 0.2) is 12.7 Å². The first-order valence-corrected chi connectivity index (χ1v) is 7.90. The highest BCUT2D eigenvalue weighted by atomic mass is 32.2. The van der Waals surface area contributed by atoms with Gasteiger partial charge < -0.3 is 4.74 Å². The molecule has 0 aromatic rings. The lowest BCUT2D eigenvalue weighted by molar-refractivity contribution is -0.151. The van der Waals surface area contributed by atoms with E-state index < -0.39 is 0 Å². The minimum atomic E-state index is -0.0334. The van der Waals surface area contributed by atoms with E-state index in [0.717, 1.165) is 6.42 Å². The zero-order valence-corrected chi connectivity index (χ0v) is 11.0. The van der Waals surface area contributed by atoms with E-state index in [1.54, 1.807) is 0 Å². The van der Waals surface area contributed by atoms with Crippen LogP contribution in [-0.2, 0) is 9.53 Å². The summed E-state index contributed by atoms with van der Waals surface area (Å²) >= 11 is 4.09. The average Bonchev–Trinajstić information content (AvgIpc) is 2.31. The van der Waals surface area contributed by atoms with Gasteiger partial charge >= 0.3 is 5.97 Å². The van der Waals surface area contributed by atoms with Crippen molar-refractivity contribution < 1.29 is 9.53 Å². The molecule has 0 N–H and O–H groups in total. The molecule has 0 saturated carbocycles. The number of esters is 1. The van der Waals surface area contributed by atoms with Crippen LogP contribution >= 0.6 is 23.5 Å². The lowest BCUT2D eigenvalue weighted by atomic mass is 9.86. The van der Waals surface area contributed by atoms with Gasteiger partial charge in [-0.15, -0.1) is 30.1 Å². The van der Waals surface area contributed by atoms with Crippen LogP contribution in [-0.4, -0.2) is 28.7 Å².